The van der Waals surface area contributed by atoms with Crippen LogP contribution in [-0.2, 0) is 0 Å². The fraction of sp³-hybridized carbons (Fsp3) is 0.125. The first-order chi connectivity index (χ1) is 9.18. The second-order valence-corrected chi connectivity index (χ2v) is 4.36. The average Bonchev–Trinajstić information content (AvgIpc) is 2.46. The van der Waals surface area contributed by atoms with Crippen molar-refractivity contribution in [2.75, 3.05) is 14.1 Å². The Morgan fingerprint density at radius 2 is 1.42 bits per heavy atom. The summed E-state index contributed by atoms with van der Waals surface area (Å²) >= 11 is 0. The van der Waals surface area contributed by atoms with E-state index in [1.807, 2.05) is 62.6 Å². The Morgan fingerprint density at radius 1 is 0.895 bits per heavy atom. The minimum Gasteiger partial charge on any atom is -0.359 e. The maximum absolute atomic E-state index is 12.4. The smallest absolute Gasteiger partial charge is 0.228 e. The van der Waals surface area contributed by atoms with Gasteiger partial charge in [0.1, 0.15) is 0 Å². The van der Waals surface area contributed by atoms with Gasteiger partial charge in [-0.15, -0.1) is 0 Å². The van der Waals surface area contributed by atoms with Crippen molar-refractivity contribution in [2.45, 2.75) is 0 Å². The van der Waals surface area contributed by atoms with Crippen LogP contribution in [0.2, 0.25) is 0 Å². The van der Waals surface area contributed by atoms with Crippen molar-refractivity contribution in [1.29, 1.82) is 0 Å². The molecule has 0 atom stereocenters. The zero-order valence-corrected chi connectivity index (χ0v) is 11.1. The number of benzene rings is 2. The number of hydrogen-bond donors (Lipinski definition) is 0. The first-order valence-corrected chi connectivity index (χ1v) is 6.09. The van der Waals surface area contributed by atoms with Crippen LogP contribution in [0.4, 0.5) is 5.69 Å². The standard InChI is InChI=1S/C16H16N2O/c1-18(2)16(17-14-11-7-4-8-12-14)15(19)13-9-5-3-6-10-13/h3-12H,1-2H3. The molecule has 0 heterocycles. The largest absolute Gasteiger partial charge is 0.359 e. The molecule has 0 aliphatic carbocycles. The van der Waals surface area contributed by atoms with E-state index in [9.17, 15) is 4.79 Å². The molecule has 0 aliphatic rings. The van der Waals surface area contributed by atoms with Crippen molar-refractivity contribution in [3.63, 3.8) is 0 Å². The van der Waals surface area contributed by atoms with Crippen LogP contribution in [0.25, 0.3) is 0 Å². The van der Waals surface area contributed by atoms with Crippen LogP contribution in [0.3, 0.4) is 0 Å². The lowest BCUT2D eigenvalue weighted by molar-refractivity contribution is 0.105. The van der Waals surface area contributed by atoms with Gasteiger partial charge in [0.2, 0.25) is 5.78 Å². The van der Waals surface area contributed by atoms with Gasteiger partial charge in [0.15, 0.2) is 5.84 Å². The zero-order chi connectivity index (χ0) is 13.7. The van der Waals surface area contributed by atoms with Crippen LogP contribution < -0.4 is 0 Å². The van der Waals surface area contributed by atoms with Gasteiger partial charge in [-0.25, -0.2) is 4.99 Å². The summed E-state index contributed by atoms with van der Waals surface area (Å²) in [5.41, 5.74) is 1.42. The van der Waals surface area contributed by atoms with Crippen LogP contribution in [0.15, 0.2) is 65.7 Å². The van der Waals surface area contributed by atoms with Crippen molar-refractivity contribution in [3.8, 4) is 0 Å². The van der Waals surface area contributed by atoms with E-state index in [1.54, 1.807) is 17.0 Å². The van der Waals surface area contributed by atoms with E-state index in [4.69, 9.17) is 0 Å². The van der Waals surface area contributed by atoms with E-state index in [1.165, 1.54) is 0 Å². The molecule has 0 amide bonds. The molecule has 0 saturated heterocycles. The van der Waals surface area contributed by atoms with Gasteiger partial charge in [-0.3, -0.25) is 4.79 Å². The van der Waals surface area contributed by atoms with Gasteiger partial charge in [0.25, 0.3) is 0 Å². The van der Waals surface area contributed by atoms with E-state index in [-0.39, 0.29) is 5.78 Å². The number of likely N-dealkylation sites (N-methyl/N-ethyl adjacent to an activating group) is 1. The third-order valence-electron chi connectivity index (χ3n) is 2.65. The summed E-state index contributed by atoms with van der Waals surface area (Å²) in [5, 5.41) is 0. The summed E-state index contributed by atoms with van der Waals surface area (Å²) in [6.45, 7) is 0. The summed E-state index contributed by atoms with van der Waals surface area (Å²) in [4.78, 5) is 18.6. The minimum atomic E-state index is -0.0746. The average molecular weight is 252 g/mol. The number of carbonyl (C=O) groups excluding carboxylic acids is 1. The quantitative estimate of drug-likeness (QED) is 0.477. The topological polar surface area (TPSA) is 32.7 Å². The second kappa shape index (κ2) is 5.96. The molecular formula is C16H16N2O. The lowest BCUT2D eigenvalue weighted by atomic mass is 10.1. The molecule has 0 radical (unpaired) electrons. The van der Waals surface area contributed by atoms with Gasteiger partial charge in [-0.2, -0.15) is 0 Å². The van der Waals surface area contributed by atoms with E-state index >= 15 is 0 Å². The summed E-state index contributed by atoms with van der Waals surface area (Å²) in [5.74, 6) is 0.354. The molecule has 19 heavy (non-hydrogen) atoms. The summed E-state index contributed by atoms with van der Waals surface area (Å²) in [6.07, 6.45) is 0. The molecule has 0 aliphatic heterocycles. The van der Waals surface area contributed by atoms with Crippen LogP contribution in [0, 0.1) is 0 Å². The van der Waals surface area contributed by atoms with E-state index < -0.39 is 0 Å². The Balaban J connectivity index is 2.37. The molecule has 0 fully saturated rings. The Hall–Kier alpha value is -2.42. The lowest BCUT2D eigenvalue weighted by Gasteiger charge is -2.14. The van der Waals surface area contributed by atoms with E-state index in [2.05, 4.69) is 4.99 Å². The third kappa shape index (κ3) is 3.28. The van der Waals surface area contributed by atoms with Crippen molar-refractivity contribution in [3.05, 3.63) is 66.2 Å². The maximum atomic E-state index is 12.4. The first kappa shape index (κ1) is 13.0. The molecule has 0 spiro atoms. The van der Waals surface area contributed by atoms with Crippen LogP contribution in [0.5, 0.6) is 0 Å². The highest BCUT2D eigenvalue weighted by molar-refractivity contribution is 6.45. The predicted octanol–water partition coefficient (Wildman–Crippen LogP) is 3.16. The Labute approximate surface area is 113 Å². The van der Waals surface area contributed by atoms with Gasteiger partial charge in [-0.05, 0) is 12.1 Å². The van der Waals surface area contributed by atoms with E-state index in [0.29, 0.717) is 11.4 Å². The number of ketones is 1. The molecule has 2 aromatic rings. The fourth-order valence-corrected chi connectivity index (χ4v) is 1.70. The van der Waals surface area contributed by atoms with Crippen LogP contribution in [0.1, 0.15) is 10.4 Å². The molecule has 2 aromatic carbocycles. The normalized spacial score (nSPS) is 11.2. The molecule has 0 saturated carbocycles. The summed E-state index contributed by atoms with van der Waals surface area (Å²) in [6, 6.07) is 18.7. The molecule has 0 aromatic heterocycles. The van der Waals surface area contributed by atoms with Gasteiger partial charge in [0, 0.05) is 19.7 Å². The fourth-order valence-electron chi connectivity index (χ4n) is 1.70. The molecule has 96 valence electrons. The molecule has 3 heteroatoms. The van der Waals surface area contributed by atoms with Crippen molar-refractivity contribution < 1.29 is 4.79 Å². The van der Waals surface area contributed by atoms with Crippen LogP contribution >= 0.6 is 0 Å². The number of nitrogens with zero attached hydrogens (tertiary/aromatic N) is 2. The summed E-state index contributed by atoms with van der Waals surface area (Å²) < 4.78 is 0. The SMILES string of the molecule is CN(C)C(=Nc1ccccc1)C(=O)c1ccccc1. The minimum absolute atomic E-state index is 0.0746. The van der Waals surface area contributed by atoms with Gasteiger partial charge >= 0.3 is 0 Å². The number of carbonyl (C=O) groups is 1. The number of Topliss-reactive ketones (excluding diaryl/α,β-unsaturated/α-hetero) is 1. The third-order valence-corrected chi connectivity index (χ3v) is 2.65. The number of amidine groups is 1. The highest BCUT2D eigenvalue weighted by atomic mass is 16.1. The number of para-hydroxylation sites is 1. The Kier molecular flexibility index (Phi) is 4.08. The van der Waals surface area contributed by atoms with Gasteiger partial charge in [0.05, 0.1) is 5.69 Å². The van der Waals surface area contributed by atoms with Crippen molar-refractivity contribution in [2.24, 2.45) is 4.99 Å². The lowest BCUT2D eigenvalue weighted by Crippen LogP contribution is -2.30. The molecule has 2 rings (SSSR count). The maximum Gasteiger partial charge on any atom is 0.228 e. The summed E-state index contributed by atoms with van der Waals surface area (Å²) in [7, 11) is 3.64. The van der Waals surface area contributed by atoms with Crippen molar-refractivity contribution in [1.82, 2.24) is 4.90 Å². The van der Waals surface area contributed by atoms with Gasteiger partial charge in [-0.1, -0.05) is 48.5 Å². The van der Waals surface area contributed by atoms with Crippen LogP contribution in [-0.4, -0.2) is 30.6 Å². The first-order valence-electron chi connectivity index (χ1n) is 6.09. The number of hydrogen-bond acceptors (Lipinski definition) is 2. The monoisotopic (exact) mass is 252 g/mol. The number of aliphatic imine (C=N–C) groups is 1. The number of rotatable bonds is 3. The van der Waals surface area contributed by atoms with Crippen molar-refractivity contribution >= 4 is 17.3 Å². The highest BCUT2D eigenvalue weighted by Gasteiger charge is 2.15. The van der Waals surface area contributed by atoms with E-state index in [0.717, 1.165) is 5.69 Å². The Bertz CT molecular complexity index is 574. The molecule has 0 unspecified atom stereocenters. The Morgan fingerprint density at radius 3 is 1.95 bits per heavy atom. The second-order valence-electron chi connectivity index (χ2n) is 4.36. The van der Waals surface area contributed by atoms with Gasteiger partial charge < -0.3 is 4.90 Å². The molecular weight excluding hydrogens is 236 g/mol. The zero-order valence-electron chi connectivity index (χ0n) is 11.1. The molecule has 0 N–H and O–H groups in total. The molecule has 3 nitrogen and oxygen atoms in total. The highest BCUT2D eigenvalue weighted by Crippen LogP contribution is 2.13. The predicted molar refractivity (Wildman–Crippen MR) is 78.0 cm³/mol. The molecule has 0 bridgehead atoms.